The highest BCUT2D eigenvalue weighted by molar-refractivity contribution is 6.61. The molecule has 0 aliphatic carbocycles. The van der Waals surface area contributed by atoms with Gasteiger partial charge in [-0.3, -0.25) is 4.57 Å². The smallest absolute Gasteiger partial charge is 0.423 e. The molecule has 4 aromatic rings. The average molecular weight is 471 g/mol. The van der Waals surface area contributed by atoms with Crippen LogP contribution in [-0.4, -0.2) is 44.3 Å². The quantitative estimate of drug-likeness (QED) is 0.388. The van der Waals surface area contributed by atoms with Crippen LogP contribution in [0.15, 0.2) is 48.5 Å². The molecule has 6 rings (SSSR count). The number of aromatic nitrogens is 3. The van der Waals surface area contributed by atoms with Crippen molar-refractivity contribution in [3.05, 3.63) is 71.2 Å². The number of hydrogen-bond acceptors (Lipinski definition) is 6. The van der Waals surface area contributed by atoms with E-state index in [1.807, 2.05) is 35.8 Å². The fourth-order valence-corrected chi connectivity index (χ4v) is 5.61. The predicted octanol–water partition coefficient (Wildman–Crippen LogP) is 3.07. The van der Waals surface area contributed by atoms with E-state index in [9.17, 15) is 14.4 Å². The zero-order valence-electron chi connectivity index (χ0n) is 19.6. The molecule has 2 aliphatic heterocycles. The lowest BCUT2D eigenvalue weighted by Crippen LogP contribution is -2.35. The van der Waals surface area contributed by atoms with Gasteiger partial charge in [-0.05, 0) is 67.9 Å². The van der Waals surface area contributed by atoms with E-state index in [4.69, 9.17) is 9.97 Å². The summed E-state index contributed by atoms with van der Waals surface area (Å²) in [5.41, 5.74) is 4.11. The Morgan fingerprint density at radius 3 is 2.80 bits per heavy atom. The first-order valence-electron chi connectivity index (χ1n) is 12.1. The van der Waals surface area contributed by atoms with E-state index in [-0.39, 0.29) is 5.82 Å². The maximum atomic E-state index is 13.7. The average Bonchev–Trinajstić information content (AvgIpc) is 3.46. The summed E-state index contributed by atoms with van der Waals surface area (Å²) in [6.45, 7) is 3.40. The Balaban J connectivity index is 1.49. The third kappa shape index (κ3) is 3.85. The second-order valence-corrected chi connectivity index (χ2v) is 9.46. The van der Waals surface area contributed by atoms with E-state index in [0.717, 1.165) is 65.2 Å². The van der Waals surface area contributed by atoms with Gasteiger partial charge in [0.25, 0.3) is 0 Å². The van der Waals surface area contributed by atoms with Crippen molar-refractivity contribution in [1.82, 2.24) is 14.5 Å². The molecule has 2 aliphatic rings. The third-order valence-electron chi connectivity index (χ3n) is 7.24. The first-order chi connectivity index (χ1) is 17.0. The van der Waals surface area contributed by atoms with Crippen molar-refractivity contribution in [3.63, 3.8) is 0 Å². The van der Waals surface area contributed by atoms with Gasteiger partial charge < -0.3 is 20.3 Å². The zero-order chi connectivity index (χ0) is 24.1. The van der Waals surface area contributed by atoms with Crippen LogP contribution in [0.2, 0.25) is 0 Å². The van der Waals surface area contributed by atoms with Gasteiger partial charge in [-0.1, -0.05) is 24.3 Å². The number of hydrogen-bond donors (Lipinski definition) is 3. The van der Waals surface area contributed by atoms with Gasteiger partial charge in [-0.15, -0.1) is 0 Å². The first kappa shape index (κ1) is 22.1. The fraction of sp³-hybridized carbons (Fsp3) is 0.308. The van der Waals surface area contributed by atoms with Crippen LogP contribution in [0.5, 0.6) is 0 Å². The molecule has 7 nitrogen and oxygen atoms in total. The van der Waals surface area contributed by atoms with Gasteiger partial charge in [-0.25, -0.2) is 4.39 Å². The molecular formula is C26H27BFN5O2. The summed E-state index contributed by atoms with van der Waals surface area (Å²) in [7, 11) is -1.56. The number of rotatable bonds is 5. The Bertz CT molecular complexity index is 1420. The first-order valence-corrected chi connectivity index (χ1v) is 12.1. The van der Waals surface area contributed by atoms with Crippen molar-refractivity contribution >= 4 is 35.1 Å². The summed E-state index contributed by atoms with van der Waals surface area (Å²) >= 11 is 0. The summed E-state index contributed by atoms with van der Waals surface area (Å²) in [5.74, 6) is 2.00. The van der Waals surface area contributed by atoms with Crippen LogP contribution in [0.25, 0.3) is 16.9 Å². The second-order valence-electron chi connectivity index (χ2n) is 9.46. The highest BCUT2D eigenvalue weighted by Gasteiger charge is 2.34. The van der Waals surface area contributed by atoms with Crippen molar-refractivity contribution in [1.29, 1.82) is 0 Å². The molecule has 1 unspecified atom stereocenters. The number of halogens is 1. The Kier molecular flexibility index (Phi) is 5.46. The van der Waals surface area contributed by atoms with Gasteiger partial charge in [0.05, 0.1) is 5.52 Å². The highest BCUT2D eigenvalue weighted by atomic mass is 19.1. The van der Waals surface area contributed by atoms with E-state index in [2.05, 4.69) is 10.2 Å². The monoisotopic (exact) mass is 471 g/mol. The number of benzene rings is 2. The van der Waals surface area contributed by atoms with Crippen molar-refractivity contribution in [2.24, 2.45) is 0 Å². The van der Waals surface area contributed by atoms with Gasteiger partial charge >= 0.3 is 7.12 Å². The minimum atomic E-state index is -1.56. The number of aryl methyl sites for hydroxylation is 1. The summed E-state index contributed by atoms with van der Waals surface area (Å²) in [6, 6.07) is 14.5. The number of nitrogens with zero attached hydrogens (tertiary/aromatic N) is 4. The van der Waals surface area contributed by atoms with Crippen molar-refractivity contribution in [2.45, 2.75) is 45.2 Å². The van der Waals surface area contributed by atoms with Crippen molar-refractivity contribution < 1.29 is 14.4 Å². The SMILES string of the molecule is Cc1cc2c(B(O)O)cccc2n1-c1nc(NCc2cccc(F)c2)c2c(n1)N1CCCC1CC2. The van der Waals surface area contributed by atoms with Gasteiger partial charge in [-0.2, -0.15) is 9.97 Å². The molecule has 0 amide bonds. The van der Waals surface area contributed by atoms with Crippen LogP contribution >= 0.6 is 0 Å². The molecular weight excluding hydrogens is 444 g/mol. The molecule has 9 heteroatoms. The summed E-state index contributed by atoms with van der Waals surface area (Å²) in [6.07, 6.45) is 4.30. The van der Waals surface area contributed by atoms with Crippen LogP contribution in [0, 0.1) is 12.7 Å². The van der Waals surface area contributed by atoms with E-state index in [1.165, 1.54) is 18.6 Å². The Hall–Kier alpha value is -3.43. The molecule has 0 saturated carbocycles. The van der Waals surface area contributed by atoms with Crippen LogP contribution in [-0.2, 0) is 13.0 Å². The molecule has 1 atom stereocenters. The molecule has 1 saturated heterocycles. The maximum Gasteiger partial charge on any atom is 0.489 e. The van der Waals surface area contributed by atoms with Gasteiger partial charge in [0.15, 0.2) is 0 Å². The topological polar surface area (TPSA) is 86.4 Å². The second kappa shape index (κ2) is 8.66. The van der Waals surface area contributed by atoms with Crippen LogP contribution in [0.4, 0.5) is 16.0 Å². The number of anilines is 2. The lowest BCUT2D eigenvalue weighted by molar-refractivity contribution is 0.426. The lowest BCUT2D eigenvalue weighted by Gasteiger charge is -2.33. The van der Waals surface area contributed by atoms with Crippen LogP contribution in [0.1, 0.15) is 36.1 Å². The van der Waals surface area contributed by atoms with Gasteiger partial charge in [0.2, 0.25) is 5.95 Å². The van der Waals surface area contributed by atoms with Crippen molar-refractivity contribution in [2.75, 3.05) is 16.8 Å². The Morgan fingerprint density at radius 1 is 1.11 bits per heavy atom. The Morgan fingerprint density at radius 2 is 1.97 bits per heavy atom. The van der Waals surface area contributed by atoms with E-state index < -0.39 is 7.12 Å². The molecule has 1 fully saturated rings. The summed E-state index contributed by atoms with van der Waals surface area (Å²) in [4.78, 5) is 12.4. The standard InChI is InChI=1S/C26H27BFN5O2/c1-16-13-21-22(27(34)35)8-3-9-23(21)33(16)26-30-24(29-15-17-5-2-6-18(28)14-17)20-11-10-19-7-4-12-32(19)25(20)31-26/h2-3,5-6,8-9,13-14,19,34-35H,4,7,10-12,15H2,1H3,(H,29,30,31). The number of nitrogens with one attached hydrogen (secondary N) is 1. The lowest BCUT2D eigenvalue weighted by atomic mass is 9.78. The molecule has 3 N–H and O–H groups in total. The van der Waals surface area contributed by atoms with E-state index >= 15 is 0 Å². The maximum absolute atomic E-state index is 13.7. The molecule has 178 valence electrons. The highest BCUT2D eigenvalue weighted by Crippen LogP contribution is 2.38. The Labute approximate surface area is 203 Å². The summed E-state index contributed by atoms with van der Waals surface area (Å²) in [5, 5.41) is 24.0. The van der Waals surface area contributed by atoms with E-state index in [0.29, 0.717) is 24.0 Å². The number of fused-ring (bicyclic) bond motifs is 4. The van der Waals surface area contributed by atoms with Crippen molar-refractivity contribution in [3.8, 4) is 5.95 Å². The summed E-state index contributed by atoms with van der Waals surface area (Å²) < 4.78 is 15.7. The van der Waals surface area contributed by atoms with Crippen LogP contribution < -0.4 is 15.7 Å². The normalized spacial score (nSPS) is 16.9. The molecule has 2 aromatic carbocycles. The molecule has 0 bridgehead atoms. The minimum Gasteiger partial charge on any atom is -0.423 e. The largest absolute Gasteiger partial charge is 0.489 e. The zero-order valence-corrected chi connectivity index (χ0v) is 19.6. The van der Waals surface area contributed by atoms with Crippen LogP contribution in [0.3, 0.4) is 0 Å². The molecule has 0 spiro atoms. The molecule has 2 aromatic heterocycles. The van der Waals surface area contributed by atoms with E-state index in [1.54, 1.807) is 12.1 Å². The van der Waals surface area contributed by atoms with Gasteiger partial charge in [0, 0.05) is 35.8 Å². The molecule has 4 heterocycles. The van der Waals surface area contributed by atoms with Gasteiger partial charge in [0.1, 0.15) is 17.5 Å². The molecule has 35 heavy (non-hydrogen) atoms. The third-order valence-corrected chi connectivity index (χ3v) is 7.24. The fourth-order valence-electron chi connectivity index (χ4n) is 5.61. The predicted molar refractivity (Wildman–Crippen MR) is 136 cm³/mol. The minimum absolute atomic E-state index is 0.258. The molecule has 0 radical (unpaired) electrons.